The van der Waals surface area contributed by atoms with Crippen molar-refractivity contribution in [2.75, 3.05) is 13.2 Å². The standard InChI is InChI=1S/C25H47NO6/c1-3-5-6-7-8-9-10-11-12-13-14-15-16-17-21(28)26-22-24(30)23(29)20(19-27)32-25(22)31-18-4-2/h4,20,22-25,27,29-30H,2-3,5-19H2,1H3,(H,26,28)/t20-,22+,23-,24-,25+/m1/s1. The molecule has 7 nitrogen and oxygen atoms in total. The molecule has 7 heteroatoms. The van der Waals surface area contributed by atoms with E-state index in [0.29, 0.717) is 6.42 Å². The largest absolute Gasteiger partial charge is 0.394 e. The van der Waals surface area contributed by atoms with Gasteiger partial charge in [0.15, 0.2) is 6.29 Å². The Morgan fingerprint density at radius 2 is 1.47 bits per heavy atom. The molecule has 0 unspecified atom stereocenters. The van der Waals surface area contributed by atoms with Gasteiger partial charge in [-0.2, -0.15) is 0 Å². The van der Waals surface area contributed by atoms with Crippen LogP contribution < -0.4 is 5.32 Å². The molecule has 0 bridgehead atoms. The summed E-state index contributed by atoms with van der Waals surface area (Å²) in [5.41, 5.74) is 0. The summed E-state index contributed by atoms with van der Waals surface area (Å²) in [7, 11) is 0. The minimum absolute atomic E-state index is 0.164. The van der Waals surface area contributed by atoms with Crippen LogP contribution in [0.4, 0.5) is 0 Å². The van der Waals surface area contributed by atoms with Crippen molar-refractivity contribution in [3.8, 4) is 0 Å². The van der Waals surface area contributed by atoms with Crippen molar-refractivity contribution < 1.29 is 29.6 Å². The molecule has 1 amide bonds. The number of ether oxygens (including phenoxy) is 2. The highest BCUT2D eigenvalue weighted by molar-refractivity contribution is 5.76. The maximum absolute atomic E-state index is 12.4. The van der Waals surface area contributed by atoms with Crippen molar-refractivity contribution in [1.82, 2.24) is 5.32 Å². The van der Waals surface area contributed by atoms with Crippen molar-refractivity contribution in [2.45, 2.75) is 127 Å². The summed E-state index contributed by atoms with van der Waals surface area (Å²) in [4.78, 5) is 12.4. The number of aliphatic hydroxyl groups excluding tert-OH is 3. The van der Waals surface area contributed by atoms with Crippen molar-refractivity contribution in [1.29, 1.82) is 0 Å². The molecular weight excluding hydrogens is 410 g/mol. The quantitative estimate of drug-likeness (QED) is 0.174. The lowest BCUT2D eigenvalue weighted by atomic mass is 9.96. The van der Waals surface area contributed by atoms with Crippen molar-refractivity contribution in [3.05, 3.63) is 12.7 Å². The number of hydrogen-bond acceptors (Lipinski definition) is 6. The first kappa shape index (κ1) is 29.0. The average molecular weight is 458 g/mol. The normalized spacial score (nSPS) is 25.6. The van der Waals surface area contributed by atoms with E-state index >= 15 is 0 Å². The summed E-state index contributed by atoms with van der Waals surface area (Å²) in [5, 5.41) is 32.5. The second kappa shape index (κ2) is 18.4. The first-order valence-electron chi connectivity index (χ1n) is 12.7. The minimum Gasteiger partial charge on any atom is -0.394 e. The molecule has 0 saturated carbocycles. The Bertz CT molecular complexity index is 489. The first-order chi connectivity index (χ1) is 15.5. The summed E-state index contributed by atoms with van der Waals surface area (Å²) in [6, 6.07) is -0.901. The Morgan fingerprint density at radius 3 is 1.97 bits per heavy atom. The topological polar surface area (TPSA) is 108 Å². The van der Waals surface area contributed by atoms with Crippen LogP contribution in [0.3, 0.4) is 0 Å². The van der Waals surface area contributed by atoms with Crippen LogP contribution >= 0.6 is 0 Å². The zero-order valence-electron chi connectivity index (χ0n) is 20.1. The van der Waals surface area contributed by atoms with Gasteiger partial charge in [0.05, 0.1) is 13.2 Å². The van der Waals surface area contributed by atoms with E-state index in [1.165, 1.54) is 70.3 Å². The van der Waals surface area contributed by atoms with E-state index in [9.17, 15) is 20.1 Å². The monoisotopic (exact) mass is 457 g/mol. The summed E-state index contributed by atoms with van der Waals surface area (Å²) in [6.07, 6.45) is 13.5. The fourth-order valence-corrected chi connectivity index (χ4v) is 4.10. The van der Waals surface area contributed by atoms with Gasteiger partial charge in [-0.1, -0.05) is 90.0 Å². The van der Waals surface area contributed by atoms with Gasteiger partial charge in [0.1, 0.15) is 24.4 Å². The van der Waals surface area contributed by atoms with Gasteiger partial charge in [-0.05, 0) is 6.42 Å². The minimum atomic E-state index is -1.30. The lowest BCUT2D eigenvalue weighted by molar-refractivity contribution is -0.267. The smallest absolute Gasteiger partial charge is 0.220 e. The van der Waals surface area contributed by atoms with E-state index in [1.54, 1.807) is 0 Å². The predicted octanol–water partition coefficient (Wildman–Crippen LogP) is 3.59. The van der Waals surface area contributed by atoms with E-state index in [2.05, 4.69) is 18.8 Å². The maximum Gasteiger partial charge on any atom is 0.220 e. The fraction of sp³-hybridized carbons (Fsp3) is 0.880. The van der Waals surface area contributed by atoms with Gasteiger partial charge in [0.2, 0.25) is 5.91 Å². The van der Waals surface area contributed by atoms with E-state index in [-0.39, 0.29) is 12.5 Å². The number of carbonyl (C=O) groups is 1. The fourth-order valence-electron chi connectivity index (χ4n) is 4.10. The van der Waals surface area contributed by atoms with E-state index in [1.807, 2.05) is 0 Å². The molecule has 1 aliphatic heterocycles. The third kappa shape index (κ3) is 11.8. The summed E-state index contributed by atoms with van der Waals surface area (Å²) in [6.45, 7) is 5.53. The Kier molecular flexibility index (Phi) is 16.7. The molecule has 1 aliphatic rings. The van der Waals surface area contributed by atoms with E-state index in [4.69, 9.17) is 9.47 Å². The lowest BCUT2D eigenvalue weighted by Crippen LogP contribution is -2.64. The Hall–Kier alpha value is -0.990. The molecule has 0 aromatic heterocycles. The number of hydrogen-bond donors (Lipinski definition) is 4. The molecule has 1 rings (SSSR count). The number of aliphatic hydroxyl groups is 3. The summed E-state index contributed by atoms with van der Waals surface area (Å²) >= 11 is 0. The average Bonchev–Trinajstić information content (AvgIpc) is 2.79. The second-order valence-electron chi connectivity index (χ2n) is 8.91. The lowest BCUT2D eigenvalue weighted by Gasteiger charge is -2.42. The van der Waals surface area contributed by atoms with Gasteiger partial charge in [-0.25, -0.2) is 0 Å². The third-order valence-corrected chi connectivity index (χ3v) is 6.09. The molecule has 1 heterocycles. The van der Waals surface area contributed by atoms with E-state index in [0.717, 1.165) is 19.3 Å². The van der Waals surface area contributed by atoms with Gasteiger partial charge in [0, 0.05) is 6.42 Å². The van der Waals surface area contributed by atoms with Crippen LogP contribution in [0.1, 0.15) is 96.8 Å². The van der Waals surface area contributed by atoms with E-state index < -0.39 is 37.3 Å². The second-order valence-corrected chi connectivity index (χ2v) is 8.91. The Morgan fingerprint density at radius 1 is 0.938 bits per heavy atom. The molecule has 32 heavy (non-hydrogen) atoms. The molecule has 4 N–H and O–H groups in total. The molecular formula is C25H47NO6. The van der Waals surface area contributed by atoms with Crippen LogP contribution in [-0.2, 0) is 14.3 Å². The van der Waals surface area contributed by atoms with Crippen molar-refractivity contribution in [2.24, 2.45) is 0 Å². The third-order valence-electron chi connectivity index (χ3n) is 6.09. The number of unbranched alkanes of at least 4 members (excludes halogenated alkanes) is 12. The Balaban J connectivity index is 2.16. The molecule has 0 aliphatic carbocycles. The highest BCUT2D eigenvalue weighted by Crippen LogP contribution is 2.22. The number of amides is 1. The van der Waals surface area contributed by atoms with Crippen molar-refractivity contribution in [3.63, 3.8) is 0 Å². The molecule has 1 fully saturated rings. The van der Waals surface area contributed by atoms with Crippen LogP contribution in [0, 0.1) is 0 Å². The SMILES string of the molecule is C=CCO[C@H]1O[C@H](CO)[C@@H](O)[C@H](O)[C@@H]1NC(=O)CCCCCCCCCCCCCCC. The molecule has 0 aromatic rings. The predicted molar refractivity (Wildman–Crippen MR) is 126 cm³/mol. The number of rotatable bonds is 19. The van der Waals surface area contributed by atoms with Crippen LogP contribution in [0.5, 0.6) is 0 Å². The van der Waals surface area contributed by atoms with Crippen LogP contribution in [-0.4, -0.2) is 65.1 Å². The van der Waals surface area contributed by atoms with Crippen LogP contribution in [0.15, 0.2) is 12.7 Å². The van der Waals surface area contributed by atoms with Gasteiger partial charge in [-0.3, -0.25) is 4.79 Å². The maximum atomic E-state index is 12.4. The highest BCUT2D eigenvalue weighted by atomic mass is 16.7. The van der Waals surface area contributed by atoms with Crippen LogP contribution in [0.25, 0.3) is 0 Å². The summed E-state index contributed by atoms with van der Waals surface area (Å²) in [5.74, 6) is -0.206. The Labute approximate surface area is 194 Å². The van der Waals surface area contributed by atoms with Gasteiger partial charge in [-0.15, -0.1) is 6.58 Å². The van der Waals surface area contributed by atoms with Gasteiger partial charge in [0.25, 0.3) is 0 Å². The molecule has 188 valence electrons. The van der Waals surface area contributed by atoms with Crippen LogP contribution in [0.2, 0.25) is 0 Å². The van der Waals surface area contributed by atoms with Gasteiger partial charge < -0.3 is 30.1 Å². The van der Waals surface area contributed by atoms with Gasteiger partial charge >= 0.3 is 0 Å². The zero-order valence-corrected chi connectivity index (χ0v) is 20.1. The molecule has 1 saturated heterocycles. The molecule has 0 radical (unpaired) electrons. The zero-order chi connectivity index (χ0) is 23.6. The molecule has 5 atom stereocenters. The molecule has 0 spiro atoms. The molecule has 0 aromatic carbocycles. The highest BCUT2D eigenvalue weighted by Gasteiger charge is 2.45. The summed E-state index contributed by atoms with van der Waals surface area (Å²) < 4.78 is 11.0. The number of nitrogens with one attached hydrogen (secondary N) is 1. The van der Waals surface area contributed by atoms with Crippen molar-refractivity contribution >= 4 is 5.91 Å². The number of carbonyl (C=O) groups excluding carboxylic acids is 1. The first-order valence-corrected chi connectivity index (χ1v) is 12.7.